The quantitative estimate of drug-likeness (QED) is 0.127. The van der Waals surface area contributed by atoms with Crippen LogP contribution in [0.1, 0.15) is 92.2 Å². The lowest BCUT2D eigenvalue weighted by Gasteiger charge is -2.38. The van der Waals surface area contributed by atoms with Crippen molar-refractivity contribution in [3.05, 3.63) is 71.8 Å². The maximum absolute atomic E-state index is 14.3. The number of amides is 8. The van der Waals surface area contributed by atoms with E-state index < -0.39 is 71.7 Å². The highest BCUT2D eigenvalue weighted by Crippen LogP contribution is 2.28. The molecule has 2 saturated heterocycles. The number of hydrogen-bond acceptors (Lipinski definition) is 10. The van der Waals surface area contributed by atoms with Crippen molar-refractivity contribution >= 4 is 47.3 Å². The van der Waals surface area contributed by atoms with Crippen LogP contribution in [0.25, 0.3) is 0 Å². The number of carbonyl (C=O) groups excluding carboxylic acids is 8. The molecule has 0 saturated carbocycles. The lowest BCUT2D eigenvalue weighted by atomic mass is 9.85. The average Bonchev–Trinajstić information content (AvgIpc) is 4.03. The van der Waals surface area contributed by atoms with Gasteiger partial charge in [0, 0.05) is 65.4 Å². The third kappa shape index (κ3) is 16.6. The van der Waals surface area contributed by atoms with Gasteiger partial charge in [0.25, 0.3) is 0 Å². The van der Waals surface area contributed by atoms with E-state index in [4.69, 9.17) is 0 Å². The zero-order valence-electron chi connectivity index (χ0n) is 45.1. The molecule has 8 amide bonds. The van der Waals surface area contributed by atoms with Crippen molar-refractivity contribution in [1.82, 2.24) is 50.7 Å². The van der Waals surface area contributed by atoms with Crippen molar-refractivity contribution < 1.29 is 38.4 Å². The zero-order chi connectivity index (χ0) is 53.5. The number of nitrogens with one attached hydrogen (secondary N) is 4. The largest absolute Gasteiger partial charge is 0.342 e. The van der Waals surface area contributed by atoms with Crippen LogP contribution in [0.2, 0.25) is 0 Å². The number of likely N-dealkylation sites (N-methyl/N-ethyl adjacent to an activating group) is 4. The van der Waals surface area contributed by atoms with Gasteiger partial charge < -0.3 is 50.7 Å². The summed E-state index contributed by atoms with van der Waals surface area (Å²) in [6.45, 7) is 15.9. The Bertz CT molecular complexity index is 2010. The molecule has 0 bridgehead atoms. The fourth-order valence-electron chi connectivity index (χ4n) is 9.09. The Balaban J connectivity index is 1.49. The monoisotopic (exact) mass is 1000 g/mol. The Kier molecular flexibility index (Phi) is 21.8. The summed E-state index contributed by atoms with van der Waals surface area (Å²) in [6.07, 6.45) is 3.70. The van der Waals surface area contributed by atoms with E-state index in [1.807, 2.05) is 102 Å². The van der Waals surface area contributed by atoms with Gasteiger partial charge in [0.05, 0.1) is 25.2 Å². The molecular weight excluding hydrogens is 917 g/mol. The zero-order valence-corrected chi connectivity index (χ0v) is 45.1. The Hall–Kier alpha value is -5.88. The molecule has 2 aromatic carbocycles. The summed E-state index contributed by atoms with van der Waals surface area (Å²) in [6, 6.07) is 16.0. The highest BCUT2D eigenvalue weighted by Gasteiger charge is 2.43. The summed E-state index contributed by atoms with van der Waals surface area (Å²) < 4.78 is 0. The van der Waals surface area contributed by atoms with Crippen molar-refractivity contribution in [2.24, 2.45) is 10.8 Å². The molecule has 6 atom stereocenters. The number of carbonyl (C=O) groups is 8. The molecule has 0 aromatic heterocycles. The van der Waals surface area contributed by atoms with E-state index in [0.717, 1.165) is 20.9 Å². The fourth-order valence-corrected chi connectivity index (χ4v) is 9.09. The van der Waals surface area contributed by atoms with Gasteiger partial charge >= 0.3 is 11.8 Å². The van der Waals surface area contributed by atoms with Gasteiger partial charge in [-0.25, -0.2) is 0 Å². The number of likely N-dealkylation sites (tertiary alicyclic amines) is 2. The second kappa shape index (κ2) is 26.7. The van der Waals surface area contributed by atoms with Gasteiger partial charge in [-0.3, -0.25) is 38.4 Å². The molecule has 0 radical (unpaired) electrons. The van der Waals surface area contributed by atoms with Crippen LogP contribution < -0.4 is 21.3 Å². The lowest BCUT2D eigenvalue weighted by Crippen LogP contribution is -2.59. The Morgan fingerprint density at radius 2 is 0.903 bits per heavy atom. The highest BCUT2D eigenvalue weighted by atomic mass is 16.2. The predicted octanol–water partition coefficient (Wildman–Crippen LogP) is 2.31. The van der Waals surface area contributed by atoms with Gasteiger partial charge in [0.2, 0.25) is 35.4 Å². The SMILES string of the molecule is CN[C@@H](C)C(=O)N[C@H](C(=O)N1CCC[C@H]1CN(CCc1ccccc1)C(=O)CN(C)C(=O)C(=O)N(C)CC(=O)N(CCc1ccccc1)C[C@@H]1CCCN1C(=O)[C@@H](NC(=O)[C@H](C)NC)C(C)(C)C)C(C)(C)C. The molecule has 2 aliphatic heterocycles. The van der Waals surface area contributed by atoms with Gasteiger partial charge in [-0.2, -0.15) is 0 Å². The molecule has 72 heavy (non-hydrogen) atoms. The normalized spacial score (nSPS) is 17.6. The van der Waals surface area contributed by atoms with Crippen molar-refractivity contribution in [2.45, 2.75) is 130 Å². The molecule has 0 aliphatic carbocycles. The van der Waals surface area contributed by atoms with Crippen molar-refractivity contribution in [3.8, 4) is 0 Å². The molecule has 2 fully saturated rings. The van der Waals surface area contributed by atoms with Gasteiger partial charge in [0.1, 0.15) is 12.1 Å². The average molecular weight is 1000 g/mol. The van der Waals surface area contributed by atoms with Crippen LogP contribution in [-0.4, -0.2) is 193 Å². The second-order valence-electron chi connectivity index (χ2n) is 21.8. The summed E-state index contributed by atoms with van der Waals surface area (Å²) in [5.74, 6) is -3.80. The van der Waals surface area contributed by atoms with Crippen LogP contribution in [-0.2, 0) is 51.2 Å². The summed E-state index contributed by atoms with van der Waals surface area (Å²) in [4.78, 5) is 120. The maximum Gasteiger partial charge on any atom is 0.312 e. The Labute approximate surface area is 428 Å². The first-order valence-corrected chi connectivity index (χ1v) is 25.6. The summed E-state index contributed by atoms with van der Waals surface area (Å²) in [5.41, 5.74) is 0.780. The second-order valence-corrected chi connectivity index (χ2v) is 21.8. The topological polar surface area (TPSA) is 204 Å². The van der Waals surface area contributed by atoms with Gasteiger partial charge in [0.15, 0.2) is 0 Å². The minimum Gasteiger partial charge on any atom is -0.342 e. The molecule has 18 nitrogen and oxygen atoms in total. The molecule has 18 heteroatoms. The summed E-state index contributed by atoms with van der Waals surface area (Å²) in [7, 11) is 6.11. The molecule has 398 valence electrons. The van der Waals surface area contributed by atoms with Crippen LogP contribution in [0.4, 0.5) is 0 Å². The van der Waals surface area contributed by atoms with Crippen LogP contribution in [0.5, 0.6) is 0 Å². The van der Waals surface area contributed by atoms with Crippen molar-refractivity contribution in [3.63, 3.8) is 0 Å². The van der Waals surface area contributed by atoms with Gasteiger partial charge in [-0.05, 0) is 88.4 Å². The first-order valence-electron chi connectivity index (χ1n) is 25.6. The molecule has 2 aliphatic rings. The van der Waals surface area contributed by atoms with Crippen LogP contribution in [0.15, 0.2) is 60.7 Å². The molecule has 4 N–H and O–H groups in total. The molecule has 2 heterocycles. The number of nitrogens with zero attached hydrogens (tertiary/aromatic N) is 6. The number of rotatable bonds is 22. The van der Waals surface area contributed by atoms with Crippen molar-refractivity contribution in [2.75, 3.05) is 80.5 Å². The third-order valence-electron chi connectivity index (χ3n) is 14.0. The fraction of sp³-hybridized carbons (Fsp3) is 0.630. The number of hydrogen-bond donors (Lipinski definition) is 4. The molecule has 4 rings (SSSR count). The Morgan fingerprint density at radius 3 is 1.21 bits per heavy atom. The molecule has 2 aromatic rings. The maximum atomic E-state index is 14.3. The van der Waals surface area contributed by atoms with Gasteiger partial charge in [-0.1, -0.05) is 102 Å². The highest BCUT2D eigenvalue weighted by molar-refractivity contribution is 6.35. The van der Waals surface area contributed by atoms with E-state index in [9.17, 15) is 38.4 Å². The first-order chi connectivity index (χ1) is 33.9. The van der Waals surface area contributed by atoms with E-state index in [0.29, 0.717) is 51.6 Å². The van der Waals surface area contributed by atoms with E-state index >= 15 is 0 Å². The molecule has 0 spiro atoms. The van der Waals surface area contributed by atoms with Crippen LogP contribution in [0.3, 0.4) is 0 Å². The first kappa shape index (κ1) is 58.7. The standard InChI is InChI=1S/C54H84N10O8/c1-37(55-9)47(67)57-45(53(3,4)5)49(69)63-29-19-25-41(63)33-61(31-27-39-21-15-13-16-22-39)43(65)35-59(11)51(71)52(72)60(12)36-44(66)62(32-28-40-23-17-14-18-24-40)34-42-26-20-30-64(42)50(70)46(54(6,7)8)58-48(68)38(2)56-10/h13-18,21-24,37-38,41-42,45-46,55-56H,19-20,25-36H2,1-12H3,(H,57,67)(H,58,68)/t37-,38-,41-,42-,45+,46+/m0/s1. The smallest absolute Gasteiger partial charge is 0.312 e. The Morgan fingerprint density at radius 1 is 0.569 bits per heavy atom. The summed E-state index contributed by atoms with van der Waals surface area (Å²) >= 11 is 0. The third-order valence-corrected chi connectivity index (χ3v) is 14.0. The van der Waals surface area contributed by atoms with Crippen LogP contribution in [0, 0.1) is 10.8 Å². The number of benzene rings is 2. The van der Waals surface area contributed by atoms with E-state index in [1.54, 1.807) is 47.5 Å². The minimum atomic E-state index is -0.967. The van der Waals surface area contributed by atoms with Gasteiger partial charge in [-0.15, -0.1) is 0 Å². The minimum absolute atomic E-state index is 0.184. The lowest BCUT2D eigenvalue weighted by molar-refractivity contribution is -0.153. The van der Waals surface area contributed by atoms with E-state index in [2.05, 4.69) is 21.3 Å². The predicted molar refractivity (Wildman–Crippen MR) is 278 cm³/mol. The summed E-state index contributed by atoms with van der Waals surface area (Å²) in [5, 5.41) is 11.7. The van der Waals surface area contributed by atoms with Crippen LogP contribution >= 0.6 is 0 Å². The van der Waals surface area contributed by atoms with E-state index in [-0.39, 0.29) is 61.9 Å². The van der Waals surface area contributed by atoms with Crippen molar-refractivity contribution in [1.29, 1.82) is 0 Å². The molecule has 0 unspecified atom stereocenters. The molecular formula is C54H84N10O8. The van der Waals surface area contributed by atoms with E-state index in [1.165, 1.54) is 14.1 Å².